The van der Waals surface area contributed by atoms with Crippen LogP contribution in [0.5, 0.6) is 0 Å². The standard InChI is InChI=1S/C8H12N2O4S/c1-15(11,12)8-10-9-7(14-8)6-2-4-13-5-3-6/h6H,2-5H2,1H3. The maximum Gasteiger partial charge on any atom is 0.335 e. The Morgan fingerprint density at radius 3 is 2.47 bits per heavy atom. The Labute approximate surface area is 87.6 Å². The molecule has 0 atom stereocenters. The highest BCUT2D eigenvalue weighted by Crippen LogP contribution is 2.26. The highest BCUT2D eigenvalue weighted by atomic mass is 32.2. The SMILES string of the molecule is CS(=O)(=O)c1nnc(C2CCOCC2)o1. The summed E-state index contributed by atoms with van der Waals surface area (Å²) in [6.45, 7) is 1.31. The number of rotatable bonds is 2. The molecule has 0 aromatic carbocycles. The zero-order chi connectivity index (χ0) is 10.9. The molecule has 0 radical (unpaired) electrons. The maximum atomic E-state index is 11.1. The second kappa shape index (κ2) is 3.90. The summed E-state index contributed by atoms with van der Waals surface area (Å²) in [6.07, 6.45) is 2.64. The monoisotopic (exact) mass is 232 g/mol. The van der Waals surface area contributed by atoms with Crippen molar-refractivity contribution in [2.75, 3.05) is 19.5 Å². The first-order chi connectivity index (χ1) is 7.07. The predicted octanol–water partition coefficient (Wildman–Crippen LogP) is 0.367. The fourth-order valence-corrected chi connectivity index (χ4v) is 1.91. The zero-order valence-electron chi connectivity index (χ0n) is 8.34. The molecule has 2 heterocycles. The molecule has 0 N–H and O–H groups in total. The summed E-state index contributed by atoms with van der Waals surface area (Å²) in [7, 11) is -3.39. The van der Waals surface area contributed by atoms with E-state index in [4.69, 9.17) is 9.15 Å². The van der Waals surface area contributed by atoms with Crippen LogP contribution in [0.4, 0.5) is 0 Å². The van der Waals surface area contributed by atoms with E-state index in [1.807, 2.05) is 0 Å². The van der Waals surface area contributed by atoms with Crippen LogP contribution in [0.1, 0.15) is 24.7 Å². The fourth-order valence-electron chi connectivity index (χ4n) is 1.48. The van der Waals surface area contributed by atoms with Gasteiger partial charge in [-0.3, -0.25) is 0 Å². The molecule has 6 nitrogen and oxygen atoms in total. The minimum absolute atomic E-state index is 0.127. The summed E-state index contributed by atoms with van der Waals surface area (Å²) in [5.74, 6) is 0.528. The summed E-state index contributed by atoms with van der Waals surface area (Å²) in [5.41, 5.74) is 0. The van der Waals surface area contributed by atoms with E-state index in [0.29, 0.717) is 19.1 Å². The number of hydrogen-bond acceptors (Lipinski definition) is 6. The molecular weight excluding hydrogens is 220 g/mol. The van der Waals surface area contributed by atoms with Gasteiger partial charge in [0.05, 0.1) is 0 Å². The van der Waals surface area contributed by atoms with Gasteiger partial charge in [0.15, 0.2) is 0 Å². The smallest absolute Gasteiger partial charge is 0.335 e. The highest BCUT2D eigenvalue weighted by molar-refractivity contribution is 7.90. The van der Waals surface area contributed by atoms with Gasteiger partial charge in [0.25, 0.3) is 0 Å². The third-order valence-corrected chi connectivity index (χ3v) is 3.11. The van der Waals surface area contributed by atoms with Crippen molar-refractivity contribution in [1.29, 1.82) is 0 Å². The van der Waals surface area contributed by atoms with E-state index in [0.717, 1.165) is 19.1 Å². The van der Waals surface area contributed by atoms with Crippen LogP contribution >= 0.6 is 0 Å². The molecular formula is C8H12N2O4S. The Bertz CT molecular complexity index is 433. The predicted molar refractivity (Wildman–Crippen MR) is 50.2 cm³/mol. The summed E-state index contributed by atoms with van der Waals surface area (Å²) < 4.78 is 32.5. The van der Waals surface area contributed by atoms with Crippen molar-refractivity contribution in [3.63, 3.8) is 0 Å². The van der Waals surface area contributed by atoms with Gasteiger partial charge in [-0.05, 0) is 12.8 Å². The Hall–Kier alpha value is -0.950. The molecule has 0 amide bonds. The third kappa shape index (κ3) is 2.35. The Morgan fingerprint density at radius 2 is 1.93 bits per heavy atom. The van der Waals surface area contributed by atoms with Crippen LogP contribution < -0.4 is 0 Å². The lowest BCUT2D eigenvalue weighted by atomic mass is 10.0. The molecule has 0 aliphatic carbocycles. The van der Waals surface area contributed by atoms with Gasteiger partial charge in [0, 0.05) is 25.4 Å². The van der Waals surface area contributed by atoms with Crippen molar-refractivity contribution in [3.8, 4) is 0 Å². The number of nitrogens with zero attached hydrogens (tertiary/aromatic N) is 2. The normalized spacial score (nSPS) is 19.3. The van der Waals surface area contributed by atoms with Crippen LogP contribution in [0.15, 0.2) is 9.64 Å². The summed E-state index contributed by atoms with van der Waals surface area (Å²) in [6, 6.07) is 0. The van der Waals surface area contributed by atoms with Crippen LogP contribution in [-0.2, 0) is 14.6 Å². The molecule has 7 heteroatoms. The van der Waals surface area contributed by atoms with Crippen LogP contribution in [-0.4, -0.2) is 38.1 Å². The van der Waals surface area contributed by atoms with Gasteiger partial charge >= 0.3 is 5.22 Å². The van der Waals surface area contributed by atoms with Crippen molar-refractivity contribution in [3.05, 3.63) is 5.89 Å². The zero-order valence-corrected chi connectivity index (χ0v) is 9.16. The van der Waals surface area contributed by atoms with Crippen LogP contribution in [0.25, 0.3) is 0 Å². The van der Waals surface area contributed by atoms with E-state index in [1.165, 1.54) is 0 Å². The maximum absolute atomic E-state index is 11.1. The van der Waals surface area contributed by atoms with Gasteiger partial charge in [-0.25, -0.2) is 8.42 Å². The lowest BCUT2D eigenvalue weighted by molar-refractivity contribution is 0.0785. The lowest BCUT2D eigenvalue weighted by Crippen LogP contribution is -2.14. The second-order valence-electron chi connectivity index (χ2n) is 3.57. The van der Waals surface area contributed by atoms with E-state index in [1.54, 1.807) is 0 Å². The molecule has 0 spiro atoms. The topological polar surface area (TPSA) is 82.3 Å². The largest absolute Gasteiger partial charge is 0.412 e. The van der Waals surface area contributed by atoms with Gasteiger partial charge in [0.2, 0.25) is 15.7 Å². The summed E-state index contributed by atoms with van der Waals surface area (Å²) >= 11 is 0. The van der Waals surface area contributed by atoms with Crippen LogP contribution in [0.3, 0.4) is 0 Å². The van der Waals surface area contributed by atoms with E-state index < -0.39 is 9.84 Å². The van der Waals surface area contributed by atoms with Crippen molar-refractivity contribution in [2.24, 2.45) is 0 Å². The minimum Gasteiger partial charge on any atom is -0.412 e. The number of aromatic nitrogens is 2. The fraction of sp³-hybridized carbons (Fsp3) is 0.750. The number of sulfone groups is 1. The molecule has 2 rings (SSSR count). The summed E-state index contributed by atoms with van der Waals surface area (Å²) in [4.78, 5) is 0. The van der Waals surface area contributed by atoms with Gasteiger partial charge in [-0.2, -0.15) is 0 Å². The molecule has 0 unspecified atom stereocenters. The van der Waals surface area contributed by atoms with Gasteiger partial charge in [-0.15, -0.1) is 5.10 Å². The molecule has 0 bridgehead atoms. The lowest BCUT2D eigenvalue weighted by Gasteiger charge is -2.18. The van der Waals surface area contributed by atoms with E-state index >= 15 is 0 Å². The Kier molecular flexibility index (Phi) is 2.74. The molecule has 1 fully saturated rings. The Morgan fingerprint density at radius 1 is 1.27 bits per heavy atom. The van der Waals surface area contributed by atoms with E-state index in [-0.39, 0.29) is 11.1 Å². The summed E-state index contributed by atoms with van der Waals surface area (Å²) in [5, 5.41) is 6.97. The molecule has 1 aromatic heterocycles. The van der Waals surface area contributed by atoms with E-state index in [9.17, 15) is 8.42 Å². The van der Waals surface area contributed by atoms with E-state index in [2.05, 4.69) is 10.2 Å². The average molecular weight is 232 g/mol. The second-order valence-corrected chi connectivity index (χ2v) is 5.46. The molecule has 0 saturated carbocycles. The first-order valence-electron chi connectivity index (χ1n) is 4.68. The average Bonchev–Trinajstić information content (AvgIpc) is 2.67. The molecule has 15 heavy (non-hydrogen) atoms. The first-order valence-corrected chi connectivity index (χ1v) is 6.58. The van der Waals surface area contributed by atoms with Crippen LogP contribution in [0.2, 0.25) is 0 Å². The number of hydrogen-bond donors (Lipinski definition) is 0. The third-order valence-electron chi connectivity index (χ3n) is 2.31. The van der Waals surface area contributed by atoms with Gasteiger partial charge in [-0.1, -0.05) is 5.10 Å². The van der Waals surface area contributed by atoms with Gasteiger partial charge in [0.1, 0.15) is 0 Å². The Balaban J connectivity index is 2.19. The molecule has 1 aliphatic heterocycles. The molecule has 1 aliphatic rings. The molecule has 1 aromatic rings. The minimum atomic E-state index is -3.39. The highest BCUT2D eigenvalue weighted by Gasteiger charge is 2.24. The van der Waals surface area contributed by atoms with Crippen molar-refractivity contribution in [2.45, 2.75) is 24.0 Å². The van der Waals surface area contributed by atoms with Crippen molar-refractivity contribution >= 4 is 9.84 Å². The number of ether oxygens (including phenoxy) is 1. The van der Waals surface area contributed by atoms with Crippen molar-refractivity contribution < 1.29 is 17.6 Å². The quantitative estimate of drug-likeness (QED) is 0.732. The molecule has 1 saturated heterocycles. The molecule has 84 valence electrons. The first kappa shape index (κ1) is 10.6. The van der Waals surface area contributed by atoms with Gasteiger partial charge < -0.3 is 9.15 Å². The van der Waals surface area contributed by atoms with Crippen molar-refractivity contribution in [1.82, 2.24) is 10.2 Å². The van der Waals surface area contributed by atoms with Crippen LogP contribution in [0, 0.1) is 0 Å².